The molecule has 0 aromatic heterocycles. The summed E-state index contributed by atoms with van der Waals surface area (Å²) in [4.78, 5) is 0. The fourth-order valence-electron chi connectivity index (χ4n) is 5.86. The Morgan fingerprint density at radius 3 is 2.14 bits per heavy atom. The molecule has 0 N–H and O–H groups in total. The zero-order chi connectivity index (χ0) is 24.0. The molecule has 0 heterocycles. The van der Waals surface area contributed by atoms with E-state index in [1.54, 1.807) is 0 Å². The summed E-state index contributed by atoms with van der Waals surface area (Å²) in [6, 6.07) is 28.5. The van der Waals surface area contributed by atoms with Crippen LogP contribution < -0.4 is 8.55 Å². The quantitative estimate of drug-likeness (QED) is 0.153. The molecule has 4 aromatic rings. The molecule has 6 rings (SSSR count). The van der Waals surface area contributed by atoms with Crippen LogP contribution in [-0.4, -0.2) is 0 Å². The molecule has 4 aromatic carbocycles. The second kappa shape index (κ2) is 9.24. The predicted octanol–water partition coefficient (Wildman–Crippen LogP) is 7.59. The van der Waals surface area contributed by atoms with E-state index in [2.05, 4.69) is 84.8 Å². The molecule has 0 saturated heterocycles. The van der Waals surface area contributed by atoms with Crippen molar-refractivity contribution < 1.29 is 12.1 Å². The van der Waals surface area contributed by atoms with E-state index in [4.69, 9.17) is 26.1 Å². The van der Waals surface area contributed by atoms with Gasteiger partial charge >= 0.3 is 220 Å². The van der Waals surface area contributed by atoms with E-state index >= 15 is 0 Å². The molecule has 0 nitrogen and oxygen atoms in total. The Bertz CT molecular complexity index is 1490. The Labute approximate surface area is 219 Å². The number of unbranched alkanes of at least 4 members (excludes halogenated alkanes) is 2. The van der Waals surface area contributed by atoms with Gasteiger partial charge in [0.05, 0.1) is 0 Å². The summed E-state index contributed by atoms with van der Waals surface area (Å²) in [5, 5.41) is 0. The van der Waals surface area contributed by atoms with Gasteiger partial charge in [-0.3, -0.25) is 0 Å². The maximum atomic E-state index is 7.55. The van der Waals surface area contributed by atoms with Crippen molar-refractivity contribution in [2.45, 2.75) is 38.5 Å². The zero-order valence-corrected chi connectivity index (χ0v) is 22.4. The Hall–Kier alpha value is -2.40. The Morgan fingerprint density at radius 1 is 0.686 bits per heavy atom. The summed E-state index contributed by atoms with van der Waals surface area (Å²) in [5.74, 6) is 2.77. The number of hydrogen-bond donors (Lipinski definition) is 0. The van der Waals surface area contributed by atoms with Crippen molar-refractivity contribution in [3.05, 3.63) is 107 Å². The average molecular weight is 532 g/mol. The molecule has 2 aliphatic rings. The van der Waals surface area contributed by atoms with E-state index in [0.29, 0.717) is 0 Å². The van der Waals surface area contributed by atoms with Gasteiger partial charge in [0, 0.05) is 0 Å². The molecule has 0 saturated carbocycles. The van der Waals surface area contributed by atoms with E-state index in [-0.39, 0.29) is 0 Å². The van der Waals surface area contributed by atoms with Crippen LogP contribution in [0.5, 0.6) is 0 Å². The normalized spacial score (nSPS) is 13.1. The number of fused-ring (bicyclic) bond motifs is 6. The minimum absolute atomic E-state index is 0.833. The second-order valence-corrected chi connectivity index (χ2v) is 17.5. The van der Waals surface area contributed by atoms with E-state index in [9.17, 15) is 0 Å². The molecule has 0 spiro atoms. The third-order valence-corrected chi connectivity index (χ3v) is 13.7. The first-order chi connectivity index (χ1) is 17.1. The number of terminal acetylenes is 1. The molecule has 0 aliphatic heterocycles. The van der Waals surface area contributed by atoms with Crippen LogP contribution >= 0.6 is 19.7 Å². The predicted molar refractivity (Wildman–Crippen MR) is 147 cm³/mol. The first-order valence-electron chi connectivity index (χ1n) is 12.3. The van der Waals surface area contributed by atoms with Gasteiger partial charge in [0.2, 0.25) is 0 Å². The van der Waals surface area contributed by atoms with Crippen LogP contribution in [0.25, 0.3) is 22.3 Å². The molecule has 3 heteroatoms. The Kier molecular flexibility index (Phi) is 6.08. The van der Waals surface area contributed by atoms with Gasteiger partial charge in [-0.1, -0.05) is 0 Å². The van der Waals surface area contributed by atoms with Crippen molar-refractivity contribution in [2.75, 3.05) is 0 Å². The summed E-state index contributed by atoms with van der Waals surface area (Å²) in [6.45, 7) is 0. The van der Waals surface area contributed by atoms with Gasteiger partial charge < -0.3 is 0 Å². The fraction of sp³-hybridized carbons (Fsp3) is 0.188. The number of halogens is 2. The van der Waals surface area contributed by atoms with Crippen molar-refractivity contribution in [1.29, 1.82) is 0 Å². The summed E-state index contributed by atoms with van der Waals surface area (Å²) >= 11 is -3.44. The average Bonchev–Trinajstić information content (AvgIpc) is 3.45. The number of aryl methyl sites for hydroxylation is 1. The van der Waals surface area contributed by atoms with Crippen LogP contribution in [-0.2, 0) is 31.4 Å². The molecule has 0 bridgehead atoms. The van der Waals surface area contributed by atoms with Gasteiger partial charge in [0.15, 0.2) is 0 Å². The van der Waals surface area contributed by atoms with Crippen molar-refractivity contribution >= 4 is 28.2 Å². The number of rotatable bonds is 6. The molecule has 173 valence electrons. The van der Waals surface area contributed by atoms with Gasteiger partial charge in [-0.05, 0) is 0 Å². The van der Waals surface area contributed by atoms with E-state index in [1.165, 1.54) is 58.6 Å². The van der Waals surface area contributed by atoms with Crippen LogP contribution in [0.1, 0.15) is 47.1 Å². The molecule has 0 atom stereocenters. The van der Waals surface area contributed by atoms with Gasteiger partial charge in [-0.2, -0.15) is 0 Å². The van der Waals surface area contributed by atoms with Gasteiger partial charge in [-0.15, -0.1) is 0 Å². The Morgan fingerprint density at radius 2 is 1.34 bits per heavy atom. The molecular formula is C32H26Cl2V. The molecule has 0 amide bonds. The molecule has 0 fully saturated rings. The maximum absolute atomic E-state index is 7.55. The number of benzene rings is 4. The van der Waals surface area contributed by atoms with Gasteiger partial charge in [0.1, 0.15) is 0 Å². The molecular weight excluding hydrogens is 506 g/mol. The third kappa shape index (κ3) is 3.87. The van der Waals surface area contributed by atoms with Crippen molar-refractivity contribution in [1.82, 2.24) is 0 Å². The molecule has 35 heavy (non-hydrogen) atoms. The SMILES string of the molecule is C#CCCCCc1cc[c]([V]([Cl])([Cl])[c]2cccc3c2Cc2ccccc2-3)c2c1-c1ccccc1C2. The van der Waals surface area contributed by atoms with E-state index < -0.39 is 12.1 Å². The minimum atomic E-state index is -3.44. The van der Waals surface area contributed by atoms with Crippen LogP contribution in [0.2, 0.25) is 0 Å². The fourth-order valence-corrected chi connectivity index (χ4v) is 11.4. The first-order valence-corrected chi connectivity index (χ1v) is 17.5. The molecule has 2 aliphatic carbocycles. The summed E-state index contributed by atoms with van der Waals surface area (Å²) in [6.07, 6.45) is 11.3. The van der Waals surface area contributed by atoms with Gasteiger partial charge in [-0.25, -0.2) is 0 Å². The van der Waals surface area contributed by atoms with Crippen molar-refractivity contribution in [3.8, 4) is 34.6 Å². The second-order valence-electron chi connectivity index (χ2n) is 9.49. The monoisotopic (exact) mass is 531 g/mol. The van der Waals surface area contributed by atoms with Crippen LogP contribution in [0.4, 0.5) is 0 Å². The van der Waals surface area contributed by atoms with Gasteiger partial charge in [0.25, 0.3) is 0 Å². The van der Waals surface area contributed by atoms with E-state index in [0.717, 1.165) is 38.5 Å². The standard InChI is InChI=1S/C19H17.C13H9.2ClH.V/c1-2-3-4-5-9-15-11-8-12-17-14-16-10-6-7-13-18(16)19(15)17;1-3-7-12-10(5-1)9-11-6-2-4-8-13(11)12;;;/h1,6-8,10-11,13H,3-5,9,14H2;1-5,7-8H,9H2;2*1H;/q;;;;+2/p-2. The topological polar surface area (TPSA) is 0 Å². The van der Waals surface area contributed by atoms with Crippen LogP contribution in [0.15, 0.2) is 78.9 Å². The zero-order valence-electron chi connectivity index (χ0n) is 19.5. The first kappa shape index (κ1) is 23.0. The molecule has 0 unspecified atom stereocenters. The Balaban J connectivity index is 1.46. The summed E-state index contributed by atoms with van der Waals surface area (Å²) in [5.41, 5.74) is 12.1. The van der Waals surface area contributed by atoms with Crippen molar-refractivity contribution in [2.24, 2.45) is 0 Å². The number of hydrogen-bond acceptors (Lipinski definition) is 0. The summed E-state index contributed by atoms with van der Waals surface area (Å²) < 4.78 is 2.34. The third-order valence-electron chi connectivity index (χ3n) is 7.48. The van der Waals surface area contributed by atoms with Crippen molar-refractivity contribution in [3.63, 3.8) is 0 Å². The van der Waals surface area contributed by atoms with Crippen LogP contribution in [0.3, 0.4) is 0 Å². The van der Waals surface area contributed by atoms with Crippen LogP contribution in [0, 0.1) is 12.3 Å². The van der Waals surface area contributed by atoms with E-state index in [1.807, 2.05) is 0 Å². The summed E-state index contributed by atoms with van der Waals surface area (Å²) in [7, 11) is 15.1. The molecule has 0 radical (unpaired) electrons.